The summed E-state index contributed by atoms with van der Waals surface area (Å²) in [6, 6.07) is 10.4. The van der Waals surface area contributed by atoms with E-state index in [1.165, 1.54) is 5.57 Å². The van der Waals surface area contributed by atoms with E-state index in [-0.39, 0.29) is 0 Å². The van der Waals surface area contributed by atoms with Crippen LogP contribution in [-0.4, -0.2) is 53.7 Å². The largest absolute Gasteiger partial charge is 0.387 e. The van der Waals surface area contributed by atoms with Gasteiger partial charge in [0.05, 0.1) is 6.10 Å². The molecule has 0 unspecified atom stereocenters. The zero-order valence-corrected chi connectivity index (χ0v) is 12.6. The number of rotatable bonds is 5. The van der Waals surface area contributed by atoms with Crippen molar-refractivity contribution in [3.8, 4) is 0 Å². The van der Waals surface area contributed by atoms with Crippen molar-refractivity contribution in [2.24, 2.45) is 0 Å². The minimum absolute atomic E-state index is 0.397. The third-order valence-electron chi connectivity index (χ3n) is 3.93. The third-order valence-corrected chi connectivity index (χ3v) is 3.93. The molecule has 0 saturated carbocycles. The lowest BCUT2D eigenvalue weighted by Crippen LogP contribution is -2.53. The molecule has 3 nitrogen and oxygen atoms in total. The normalized spacial score (nSPS) is 22.6. The van der Waals surface area contributed by atoms with Crippen LogP contribution in [0, 0.1) is 0 Å². The molecule has 0 amide bonds. The van der Waals surface area contributed by atoms with Crippen LogP contribution in [0.4, 0.5) is 0 Å². The number of piperazine rings is 1. The van der Waals surface area contributed by atoms with Crippen LogP contribution in [0.25, 0.3) is 0 Å². The van der Waals surface area contributed by atoms with E-state index in [9.17, 15) is 5.11 Å². The second-order valence-electron chi connectivity index (χ2n) is 5.96. The first kappa shape index (κ1) is 15.2. The molecule has 110 valence electrons. The molecule has 0 bridgehead atoms. The molecule has 0 aliphatic carbocycles. The Hall–Kier alpha value is -1.16. The number of aliphatic hydroxyl groups is 1. The predicted octanol–water partition coefficient (Wildman–Crippen LogP) is 2.30. The maximum absolute atomic E-state index is 10.3. The Balaban J connectivity index is 1.87. The van der Waals surface area contributed by atoms with Crippen molar-refractivity contribution in [3.05, 3.63) is 48.0 Å². The van der Waals surface area contributed by atoms with Crippen molar-refractivity contribution in [2.45, 2.75) is 26.0 Å². The second kappa shape index (κ2) is 7.02. The van der Waals surface area contributed by atoms with Crippen molar-refractivity contribution in [1.29, 1.82) is 0 Å². The summed E-state index contributed by atoms with van der Waals surface area (Å²) >= 11 is 0. The monoisotopic (exact) mass is 274 g/mol. The molecule has 1 fully saturated rings. The standard InChI is InChI=1S/C17H26N2O/c1-14(2)11-18-9-10-19(15(3)12-18)13-17(20)16-7-5-4-6-8-16/h4-8,15,17,20H,1,9-13H2,2-3H3/t15-,17-/m0/s1. The third kappa shape index (κ3) is 4.17. The molecule has 1 aliphatic heterocycles. The topological polar surface area (TPSA) is 26.7 Å². The lowest BCUT2D eigenvalue weighted by atomic mass is 10.1. The van der Waals surface area contributed by atoms with Crippen molar-refractivity contribution >= 4 is 0 Å². The maximum Gasteiger partial charge on any atom is 0.0917 e. The summed E-state index contributed by atoms with van der Waals surface area (Å²) in [4.78, 5) is 4.82. The fourth-order valence-corrected chi connectivity index (χ4v) is 2.87. The highest BCUT2D eigenvalue weighted by Gasteiger charge is 2.25. The van der Waals surface area contributed by atoms with Crippen molar-refractivity contribution < 1.29 is 5.11 Å². The molecule has 3 heteroatoms. The second-order valence-corrected chi connectivity index (χ2v) is 5.96. The summed E-state index contributed by atoms with van der Waals surface area (Å²) in [6.07, 6.45) is -0.397. The summed E-state index contributed by atoms with van der Waals surface area (Å²) in [5.41, 5.74) is 2.22. The molecule has 1 aromatic rings. The molecular weight excluding hydrogens is 248 g/mol. The van der Waals surface area contributed by atoms with Gasteiger partial charge in [-0.25, -0.2) is 0 Å². The van der Waals surface area contributed by atoms with Crippen LogP contribution in [0.5, 0.6) is 0 Å². The molecule has 1 saturated heterocycles. The maximum atomic E-state index is 10.3. The number of β-amino-alcohol motifs (C(OH)–C–C–N with tert-alkyl or cyclic N) is 1. The molecule has 1 aromatic carbocycles. The molecule has 0 radical (unpaired) electrons. The van der Waals surface area contributed by atoms with E-state index in [1.807, 2.05) is 30.3 Å². The van der Waals surface area contributed by atoms with E-state index >= 15 is 0 Å². The smallest absolute Gasteiger partial charge is 0.0917 e. The zero-order chi connectivity index (χ0) is 14.5. The van der Waals surface area contributed by atoms with E-state index < -0.39 is 6.10 Å². The lowest BCUT2D eigenvalue weighted by Gasteiger charge is -2.40. The Labute approximate surface area is 122 Å². The van der Waals surface area contributed by atoms with Crippen LogP contribution < -0.4 is 0 Å². The van der Waals surface area contributed by atoms with E-state index in [1.54, 1.807) is 0 Å². The van der Waals surface area contributed by atoms with E-state index in [0.717, 1.165) is 31.7 Å². The fourth-order valence-electron chi connectivity index (χ4n) is 2.87. The molecular formula is C17H26N2O. The Bertz CT molecular complexity index is 432. The number of hydrogen-bond donors (Lipinski definition) is 1. The minimum Gasteiger partial charge on any atom is -0.387 e. The molecule has 1 aliphatic rings. The van der Waals surface area contributed by atoms with E-state index in [4.69, 9.17) is 0 Å². The summed E-state index contributed by atoms with van der Waals surface area (Å²) in [7, 11) is 0. The number of aliphatic hydroxyl groups excluding tert-OH is 1. The van der Waals surface area contributed by atoms with Gasteiger partial charge in [0.25, 0.3) is 0 Å². The quantitative estimate of drug-likeness (QED) is 0.835. The van der Waals surface area contributed by atoms with Gasteiger partial charge in [0, 0.05) is 38.8 Å². The molecule has 2 atom stereocenters. The Morgan fingerprint density at radius 3 is 2.65 bits per heavy atom. The first-order valence-corrected chi connectivity index (χ1v) is 7.40. The van der Waals surface area contributed by atoms with E-state index in [0.29, 0.717) is 12.6 Å². The molecule has 20 heavy (non-hydrogen) atoms. The average molecular weight is 274 g/mol. The molecule has 1 N–H and O–H groups in total. The number of nitrogens with zero attached hydrogens (tertiary/aromatic N) is 2. The number of benzene rings is 1. The van der Waals surface area contributed by atoms with Crippen LogP contribution in [0.15, 0.2) is 42.5 Å². The summed E-state index contributed by atoms with van der Waals surface area (Å²) < 4.78 is 0. The predicted molar refractivity (Wildman–Crippen MR) is 83.7 cm³/mol. The summed E-state index contributed by atoms with van der Waals surface area (Å²) in [5.74, 6) is 0. The van der Waals surface area contributed by atoms with Crippen LogP contribution >= 0.6 is 0 Å². The summed E-state index contributed by atoms with van der Waals surface area (Å²) in [5, 5.41) is 10.3. The highest BCUT2D eigenvalue weighted by molar-refractivity contribution is 5.17. The van der Waals surface area contributed by atoms with Gasteiger partial charge in [-0.05, 0) is 19.4 Å². The van der Waals surface area contributed by atoms with Gasteiger partial charge in [-0.15, -0.1) is 0 Å². The summed E-state index contributed by atoms with van der Waals surface area (Å²) in [6.45, 7) is 13.1. The average Bonchev–Trinajstić information content (AvgIpc) is 2.42. The molecule has 0 spiro atoms. The first-order valence-electron chi connectivity index (χ1n) is 7.40. The zero-order valence-electron chi connectivity index (χ0n) is 12.6. The van der Waals surface area contributed by atoms with Gasteiger partial charge in [-0.1, -0.05) is 42.5 Å². The molecule has 1 heterocycles. The van der Waals surface area contributed by atoms with Gasteiger partial charge >= 0.3 is 0 Å². The SMILES string of the molecule is C=C(C)CN1CCN(C[C@H](O)c2ccccc2)[C@@H](C)C1. The Morgan fingerprint density at radius 2 is 2.05 bits per heavy atom. The van der Waals surface area contributed by atoms with Crippen LogP contribution in [0.1, 0.15) is 25.5 Å². The fraction of sp³-hybridized carbons (Fsp3) is 0.529. The van der Waals surface area contributed by atoms with Gasteiger partial charge in [-0.2, -0.15) is 0 Å². The van der Waals surface area contributed by atoms with Crippen LogP contribution in [0.2, 0.25) is 0 Å². The Kier molecular flexibility index (Phi) is 5.35. The van der Waals surface area contributed by atoms with Gasteiger partial charge in [0.2, 0.25) is 0 Å². The van der Waals surface area contributed by atoms with Crippen molar-refractivity contribution in [2.75, 3.05) is 32.7 Å². The van der Waals surface area contributed by atoms with Crippen molar-refractivity contribution in [3.63, 3.8) is 0 Å². The van der Waals surface area contributed by atoms with Gasteiger partial charge < -0.3 is 5.11 Å². The van der Waals surface area contributed by atoms with E-state index in [2.05, 4.69) is 30.2 Å². The van der Waals surface area contributed by atoms with Crippen molar-refractivity contribution in [1.82, 2.24) is 9.80 Å². The highest BCUT2D eigenvalue weighted by atomic mass is 16.3. The van der Waals surface area contributed by atoms with Crippen LogP contribution in [-0.2, 0) is 0 Å². The minimum atomic E-state index is -0.397. The first-order chi connectivity index (χ1) is 9.56. The van der Waals surface area contributed by atoms with Crippen LogP contribution in [0.3, 0.4) is 0 Å². The number of hydrogen-bond acceptors (Lipinski definition) is 3. The molecule has 0 aromatic heterocycles. The van der Waals surface area contributed by atoms with Gasteiger partial charge in [0.1, 0.15) is 0 Å². The van der Waals surface area contributed by atoms with Gasteiger partial charge in [-0.3, -0.25) is 9.80 Å². The Morgan fingerprint density at radius 1 is 1.35 bits per heavy atom. The highest BCUT2D eigenvalue weighted by Crippen LogP contribution is 2.18. The molecule has 2 rings (SSSR count). The van der Waals surface area contributed by atoms with Gasteiger partial charge in [0.15, 0.2) is 0 Å². The lowest BCUT2D eigenvalue weighted by molar-refractivity contribution is 0.0420.